The zero-order chi connectivity index (χ0) is 14.8. The standard InChI is InChI=1S/C13H15Cl2NO3/c1-4-13(3,12(18)19)16-11(17)8-5-9(14)7(2)10(15)6-8/h5-6H,4H2,1-3H3,(H,16,17)(H,18,19)/t13-/m0/s1. The van der Waals surface area contributed by atoms with Crippen LogP contribution in [0.5, 0.6) is 0 Å². The average molecular weight is 304 g/mol. The Morgan fingerprint density at radius 2 is 1.79 bits per heavy atom. The lowest BCUT2D eigenvalue weighted by atomic mass is 9.98. The van der Waals surface area contributed by atoms with Gasteiger partial charge in [-0.1, -0.05) is 30.1 Å². The minimum absolute atomic E-state index is 0.238. The summed E-state index contributed by atoms with van der Waals surface area (Å²) < 4.78 is 0. The number of aliphatic carboxylic acids is 1. The van der Waals surface area contributed by atoms with Crippen LogP contribution in [0.4, 0.5) is 0 Å². The van der Waals surface area contributed by atoms with Crippen LogP contribution in [0.1, 0.15) is 36.2 Å². The van der Waals surface area contributed by atoms with E-state index in [1.54, 1.807) is 13.8 Å². The van der Waals surface area contributed by atoms with Gasteiger partial charge in [-0.15, -0.1) is 0 Å². The number of benzene rings is 1. The Morgan fingerprint density at radius 3 is 2.16 bits per heavy atom. The van der Waals surface area contributed by atoms with E-state index in [2.05, 4.69) is 5.32 Å². The van der Waals surface area contributed by atoms with Gasteiger partial charge in [-0.05, 0) is 38.0 Å². The van der Waals surface area contributed by atoms with Crippen molar-refractivity contribution in [1.82, 2.24) is 5.32 Å². The summed E-state index contributed by atoms with van der Waals surface area (Å²) in [6, 6.07) is 2.94. The monoisotopic (exact) mass is 303 g/mol. The summed E-state index contributed by atoms with van der Waals surface area (Å²) in [5, 5.41) is 12.3. The topological polar surface area (TPSA) is 66.4 Å². The number of halogens is 2. The molecule has 0 fully saturated rings. The van der Waals surface area contributed by atoms with Gasteiger partial charge in [-0.3, -0.25) is 4.79 Å². The number of rotatable bonds is 4. The number of nitrogens with one attached hydrogen (secondary N) is 1. The number of carboxylic acid groups (broad SMARTS) is 1. The van der Waals surface area contributed by atoms with Crippen molar-refractivity contribution in [3.63, 3.8) is 0 Å². The smallest absolute Gasteiger partial charge is 0.329 e. The zero-order valence-corrected chi connectivity index (χ0v) is 12.4. The van der Waals surface area contributed by atoms with Gasteiger partial charge in [-0.25, -0.2) is 4.79 Å². The van der Waals surface area contributed by atoms with Gasteiger partial charge < -0.3 is 10.4 Å². The molecule has 1 atom stereocenters. The normalized spacial score (nSPS) is 13.7. The quantitative estimate of drug-likeness (QED) is 0.897. The van der Waals surface area contributed by atoms with Crippen LogP contribution in [0.3, 0.4) is 0 Å². The van der Waals surface area contributed by atoms with Crippen LogP contribution >= 0.6 is 23.2 Å². The van der Waals surface area contributed by atoms with Gasteiger partial charge in [-0.2, -0.15) is 0 Å². The molecule has 0 radical (unpaired) electrons. The molecule has 2 N–H and O–H groups in total. The summed E-state index contributed by atoms with van der Waals surface area (Å²) >= 11 is 11.9. The van der Waals surface area contributed by atoms with E-state index in [-0.39, 0.29) is 12.0 Å². The van der Waals surface area contributed by atoms with E-state index in [0.29, 0.717) is 15.6 Å². The Balaban J connectivity index is 3.05. The van der Waals surface area contributed by atoms with Gasteiger partial charge in [0, 0.05) is 15.6 Å². The second-order valence-corrected chi connectivity index (χ2v) is 5.32. The van der Waals surface area contributed by atoms with Gasteiger partial charge in [0.05, 0.1) is 0 Å². The second-order valence-electron chi connectivity index (χ2n) is 4.51. The van der Waals surface area contributed by atoms with Crippen molar-refractivity contribution < 1.29 is 14.7 Å². The lowest BCUT2D eigenvalue weighted by molar-refractivity contribution is -0.143. The minimum atomic E-state index is -1.32. The molecule has 0 aromatic heterocycles. The van der Waals surface area contributed by atoms with Crippen LogP contribution < -0.4 is 5.32 Å². The van der Waals surface area contributed by atoms with E-state index in [1.165, 1.54) is 19.1 Å². The maximum Gasteiger partial charge on any atom is 0.329 e. The highest BCUT2D eigenvalue weighted by Gasteiger charge is 2.33. The third-order valence-electron chi connectivity index (χ3n) is 3.11. The first-order valence-corrected chi connectivity index (χ1v) is 6.48. The van der Waals surface area contributed by atoms with E-state index >= 15 is 0 Å². The fraction of sp³-hybridized carbons (Fsp3) is 0.385. The van der Waals surface area contributed by atoms with Crippen LogP contribution in [-0.2, 0) is 4.79 Å². The SMILES string of the molecule is CC[C@](C)(NC(=O)c1cc(Cl)c(C)c(Cl)c1)C(=O)O. The molecule has 19 heavy (non-hydrogen) atoms. The highest BCUT2D eigenvalue weighted by molar-refractivity contribution is 6.36. The number of amides is 1. The number of hydrogen-bond donors (Lipinski definition) is 2. The third-order valence-corrected chi connectivity index (χ3v) is 3.90. The summed E-state index contributed by atoms with van der Waals surface area (Å²) in [7, 11) is 0. The zero-order valence-electron chi connectivity index (χ0n) is 10.9. The molecule has 0 unspecified atom stereocenters. The van der Waals surface area contributed by atoms with E-state index in [1.807, 2.05) is 0 Å². The van der Waals surface area contributed by atoms with Gasteiger partial charge in [0.2, 0.25) is 0 Å². The molecule has 1 aromatic rings. The fourth-order valence-electron chi connectivity index (χ4n) is 1.39. The molecule has 0 heterocycles. The highest BCUT2D eigenvalue weighted by atomic mass is 35.5. The maximum absolute atomic E-state index is 12.0. The number of carbonyl (C=O) groups is 2. The number of carboxylic acids is 1. The molecule has 0 aliphatic heterocycles. The molecular weight excluding hydrogens is 289 g/mol. The molecule has 0 saturated carbocycles. The summed E-state index contributed by atoms with van der Waals surface area (Å²) in [5.74, 6) is -1.61. The largest absolute Gasteiger partial charge is 0.480 e. The summed E-state index contributed by atoms with van der Waals surface area (Å²) in [5.41, 5.74) is -0.404. The average Bonchev–Trinajstić information content (AvgIpc) is 2.34. The molecule has 6 heteroatoms. The summed E-state index contributed by atoms with van der Waals surface area (Å²) in [4.78, 5) is 23.2. The molecule has 1 rings (SSSR count). The molecule has 0 spiro atoms. The van der Waals surface area contributed by atoms with Crippen molar-refractivity contribution >= 4 is 35.1 Å². The molecule has 0 saturated heterocycles. The molecule has 0 bridgehead atoms. The molecule has 1 aromatic carbocycles. The van der Waals surface area contributed by atoms with Gasteiger partial charge in [0.25, 0.3) is 5.91 Å². The van der Waals surface area contributed by atoms with Crippen molar-refractivity contribution in [3.8, 4) is 0 Å². The molecule has 0 aliphatic carbocycles. The molecule has 1 amide bonds. The van der Waals surface area contributed by atoms with Crippen molar-refractivity contribution in [3.05, 3.63) is 33.3 Å². The maximum atomic E-state index is 12.0. The summed E-state index contributed by atoms with van der Waals surface area (Å²) in [6.45, 7) is 4.87. The minimum Gasteiger partial charge on any atom is -0.480 e. The van der Waals surface area contributed by atoms with Crippen LogP contribution in [0.25, 0.3) is 0 Å². The van der Waals surface area contributed by atoms with Crippen molar-refractivity contribution in [2.75, 3.05) is 0 Å². The van der Waals surface area contributed by atoms with Gasteiger partial charge in [0.15, 0.2) is 0 Å². The van der Waals surface area contributed by atoms with Crippen molar-refractivity contribution in [2.45, 2.75) is 32.7 Å². The van der Waals surface area contributed by atoms with Gasteiger partial charge in [0.1, 0.15) is 5.54 Å². The Hall–Kier alpha value is -1.26. The third kappa shape index (κ3) is 3.39. The van der Waals surface area contributed by atoms with Crippen molar-refractivity contribution in [1.29, 1.82) is 0 Å². The van der Waals surface area contributed by atoms with E-state index in [0.717, 1.165) is 0 Å². The van der Waals surface area contributed by atoms with E-state index in [9.17, 15) is 9.59 Å². The Bertz CT molecular complexity index is 508. The second kappa shape index (κ2) is 5.80. The molecule has 104 valence electrons. The molecule has 0 aliphatic rings. The Kier molecular flexibility index (Phi) is 4.82. The first-order chi connectivity index (χ1) is 8.71. The lowest BCUT2D eigenvalue weighted by Gasteiger charge is -2.24. The predicted molar refractivity (Wildman–Crippen MR) is 75.0 cm³/mol. The van der Waals surface area contributed by atoms with Crippen LogP contribution in [-0.4, -0.2) is 22.5 Å². The predicted octanol–water partition coefficient (Wildman–Crippen LogP) is 3.28. The number of carbonyl (C=O) groups excluding carboxylic acids is 1. The van der Waals surface area contributed by atoms with E-state index < -0.39 is 17.4 Å². The molecule has 4 nitrogen and oxygen atoms in total. The van der Waals surface area contributed by atoms with Crippen LogP contribution in [0.2, 0.25) is 10.0 Å². The number of hydrogen-bond acceptors (Lipinski definition) is 2. The van der Waals surface area contributed by atoms with Gasteiger partial charge >= 0.3 is 5.97 Å². The van der Waals surface area contributed by atoms with Crippen molar-refractivity contribution in [2.24, 2.45) is 0 Å². The van der Waals surface area contributed by atoms with Crippen LogP contribution in [0, 0.1) is 6.92 Å². The first-order valence-electron chi connectivity index (χ1n) is 5.73. The fourth-order valence-corrected chi connectivity index (χ4v) is 1.88. The highest BCUT2D eigenvalue weighted by Crippen LogP contribution is 2.26. The molecular formula is C13H15Cl2NO3. The van der Waals surface area contributed by atoms with E-state index in [4.69, 9.17) is 28.3 Å². The Labute approximate surface area is 121 Å². The lowest BCUT2D eigenvalue weighted by Crippen LogP contribution is -2.51. The van der Waals surface area contributed by atoms with Crippen LogP contribution in [0.15, 0.2) is 12.1 Å². The Morgan fingerprint density at radius 1 is 1.32 bits per heavy atom. The first kappa shape index (κ1) is 15.8. The summed E-state index contributed by atoms with van der Waals surface area (Å²) in [6.07, 6.45) is 0.265.